The van der Waals surface area contributed by atoms with Crippen LogP contribution in [-0.2, 0) is 12.8 Å². The maximum absolute atomic E-state index is 14.2. The third-order valence-electron chi connectivity index (χ3n) is 7.97. The van der Waals surface area contributed by atoms with Crippen molar-refractivity contribution in [2.45, 2.75) is 45.5 Å². The molecule has 1 saturated heterocycles. The molecule has 39 heavy (non-hydrogen) atoms. The number of carboxylic acid groups (broad SMARTS) is 1. The summed E-state index contributed by atoms with van der Waals surface area (Å²) in [5.41, 5.74) is 7.53. The lowest BCUT2D eigenvalue weighted by atomic mass is 9.84. The van der Waals surface area contributed by atoms with Gasteiger partial charge in [0.05, 0.1) is 12.2 Å². The Morgan fingerprint density at radius 3 is 2.46 bits per heavy atom. The van der Waals surface area contributed by atoms with E-state index in [4.69, 9.17) is 0 Å². The number of alkyl halides is 3. The van der Waals surface area contributed by atoms with E-state index in [0.29, 0.717) is 30.7 Å². The number of halogens is 3. The number of likely N-dealkylation sites (tertiary alicyclic amines) is 1. The minimum atomic E-state index is -2.60. The SMILES string of the molecule is Cc1ccc(C(F)F)c(C2=C(c3ccc(CC4CN(CCCF)C4)cc3)c3ccc(C(=O)O)cc3CCC2)c1. The van der Waals surface area contributed by atoms with Gasteiger partial charge in [-0.1, -0.05) is 54.1 Å². The van der Waals surface area contributed by atoms with Gasteiger partial charge in [-0.25, -0.2) is 13.6 Å². The van der Waals surface area contributed by atoms with Crippen molar-refractivity contribution in [2.24, 2.45) is 5.92 Å². The lowest BCUT2D eigenvalue weighted by molar-refractivity contribution is 0.0696. The van der Waals surface area contributed by atoms with E-state index >= 15 is 0 Å². The molecule has 5 rings (SSSR count). The highest BCUT2D eigenvalue weighted by Crippen LogP contribution is 2.43. The number of carboxylic acids is 1. The largest absolute Gasteiger partial charge is 0.478 e. The number of hydrogen-bond acceptors (Lipinski definition) is 2. The molecule has 3 aromatic carbocycles. The fourth-order valence-electron chi connectivity index (χ4n) is 6.05. The predicted octanol–water partition coefficient (Wildman–Crippen LogP) is 7.76. The van der Waals surface area contributed by atoms with Crippen LogP contribution >= 0.6 is 0 Å². The molecule has 0 radical (unpaired) electrons. The second-order valence-corrected chi connectivity index (χ2v) is 10.8. The Kier molecular flexibility index (Phi) is 8.22. The van der Waals surface area contributed by atoms with Gasteiger partial charge in [0.25, 0.3) is 6.43 Å². The zero-order valence-corrected chi connectivity index (χ0v) is 22.2. The van der Waals surface area contributed by atoms with Crippen LogP contribution in [0.25, 0.3) is 11.1 Å². The van der Waals surface area contributed by atoms with E-state index in [2.05, 4.69) is 29.2 Å². The van der Waals surface area contributed by atoms with Crippen molar-refractivity contribution in [1.82, 2.24) is 4.90 Å². The van der Waals surface area contributed by atoms with Crippen LogP contribution in [0.4, 0.5) is 13.2 Å². The van der Waals surface area contributed by atoms with Crippen LogP contribution in [0.5, 0.6) is 0 Å². The summed E-state index contributed by atoms with van der Waals surface area (Å²) in [5, 5.41) is 9.57. The van der Waals surface area contributed by atoms with Gasteiger partial charge >= 0.3 is 5.97 Å². The smallest absolute Gasteiger partial charge is 0.335 e. The number of benzene rings is 3. The fraction of sp³-hybridized carbons (Fsp3) is 0.364. The summed E-state index contributed by atoms with van der Waals surface area (Å²) in [6.07, 6.45) is 0.976. The average molecular weight is 534 g/mol. The van der Waals surface area contributed by atoms with Gasteiger partial charge in [-0.3, -0.25) is 4.39 Å². The standard InChI is InChI=1S/C33H34F3NO2/c1-21-6-12-29(32(35)36)30(16-21)28-5-2-4-25-18-26(33(38)39)11-13-27(25)31(28)24-9-7-22(8-10-24)17-23-19-37(20-23)15-3-14-34/h6-13,16,18,23,32H,2-5,14-15,17,19-20H2,1H3,(H,38,39). The Labute approximate surface area is 228 Å². The minimum absolute atomic E-state index is 0.0256. The van der Waals surface area contributed by atoms with Crippen LogP contribution in [0.1, 0.15) is 75.0 Å². The van der Waals surface area contributed by atoms with E-state index < -0.39 is 12.4 Å². The third kappa shape index (κ3) is 5.96. The highest BCUT2D eigenvalue weighted by molar-refractivity contribution is 6.01. The summed E-state index contributed by atoms with van der Waals surface area (Å²) in [7, 11) is 0. The third-order valence-corrected chi connectivity index (χ3v) is 7.97. The first-order chi connectivity index (χ1) is 18.8. The van der Waals surface area contributed by atoms with Crippen LogP contribution in [-0.4, -0.2) is 42.3 Å². The molecule has 1 N–H and O–H groups in total. The fourth-order valence-corrected chi connectivity index (χ4v) is 6.05. The van der Waals surface area contributed by atoms with Gasteiger partial charge in [0.2, 0.25) is 0 Å². The van der Waals surface area contributed by atoms with Crippen LogP contribution in [0.2, 0.25) is 0 Å². The topological polar surface area (TPSA) is 40.5 Å². The molecule has 1 heterocycles. The molecule has 3 aromatic rings. The molecule has 0 spiro atoms. The van der Waals surface area contributed by atoms with Gasteiger partial charge < -0.3 is 10.0 Å². The molecule has 1 aliphatic carbocycles. The van der Waals surface area contributed by atoms with E-state index in [1.807, 2.05) is 19.1 Å². The number of aryl methyl sites for hydroxylation is 2. The second-order valence-electron chi connectivity index (χ2n) is 10.8. The lowest BCUT2D eigenvalue weighted by Gasteiger charge is -2.39. The normalized spacial score (nSPS) is 16.2. The molecule has 204 valence electrons. The zero-order chi connectivity index (χ0) is 27.5. The van der Waals surface area contributed by atoms with Crippen molar-refractivity contribution in [1.29, 1.82) is 0 Å². The van der Waals surface area contributed by atoms with Gasteiger partial charge in [-0.05, 0) is 96.0 Å². The first-order valence-electron chi connectivity index (χ1n) is 13.7. The van der Waals surface area contributed by atoms with Crippen LogP contribution in [0, 0.1) is 12.8 Å². The Balaban J connectivity index is 1.55. The van der Waals surface area contributed by atoms with E-state index in [1.54, 1.807) is 18.2 Å². The summed E-state index contributed by atoms with van der Waals surface area (Å²) in [5.74, 6) is -0.422. The summed E-state index contributed by atoms with van der Waals surface area (Å²) in [6, 6.07) is 18.7. The Hall–Kier alpha value is -3.38. The van der Waals surface area contributed by atoms with Gasteiger partial charge in [0.15, 0.2) is 0 Å². The number of allylic oxidation sites excluding steroid dienone is 1. The van der Waals surface area contributed by atoms with E-state index in [9.17, 15) is 23.1 Å². The van der Waals surface area contributed by atoms with Crippen LogP contribution < -0.4 is 0 Å². The molecule has 3 nitrogen and oxygen atoms in total. The number of rotatable bonds is 9. The van der Waals surface area contributed by atoms with Gasteiger partial charge in [0, 0.05) is 25.2 Å². The summed E-state index contributed by atoms with van der Waals surface area (Å²) in [4.78, 5) is 14.0. The van der Waals surface area contributed by atoms with Crippen LogP contribution in [0.15, 0.2) is 60.7 Å². The molecule has 1 fully saturated rings. The maximum Gasteiger partial charge on any atom is 0.335 e. The monoisotopic (exact) mass is 533 g/mol. The van der Waals surface area contributed by atoms with Gasteiger partial charge in [-0.2, -0.15) is 0 Å². The molecule has 0 saturated carbocycles. The zero-order valence-electron chi connectivity index (χ0n) is 22.2. The number of nitrogens with zero attached hydrogens (tertiary/aromatic N) is 1. The average Bonchev–Trinajstić information content (AvgIpc) is 3.09. The Morgan fingerprint density at radius 2 is 1.77 bits per heavy atom. The minimum Gasteiger partial charge on any atom is -0.478 e. The first-order valence-corrected chi connectivity index (χ1v) is 13.7. The van der Waals surface area contributed by atoms with Crippen molar-refractivity contribution < 1.29 is 23.1 Å². The molecule has 6 heteroatoms. The van der Waals surface area contributed by atoms with Crippen molar-refractivity contribution in [3.63, 3.8) is 0 Å². The second kappa shape index (κ2) is 11.8. The number of carbonyl (C=O) groups is 1. The molecule has 0 unspecified atom stereocenters. The molecule has 1 aliphatic heterocycles. The van der Waals surface area contributed by atoms with Crippen LogP contribution in [0.3, 0.4) is 0 Å². The van der Waals surface area contributed by atoms with Gasteiger partial charge in [-0.15, -0.1) is 0 Å². The van der Waals surface area contributed by atoms with Crippen molar-refractivity contribution in [3.05, 3.63) is 105 Å². The highest BCUT2D eigenvalue weighted by Gasteiger charge is 2.27. The molecule has 0 aromatic heterocycles. The lowest BCUT2D eigenvalue weighted by Crippen LogP contribution is -2.47. The molecular weight excluding hydrogens is 499 g/mol. The molecular formula is C33H34F3NO2. The number of hydrogen-bond donors (Lipinski definition) is 1. The van der Waals surface area contributed by atoms with E-state index in [0.717, 1.165) is 65.9 Å². The summed E-state index contributed by atoms with van der Waals surface area (Å²) in [6.45, 7) is 4.42. The molecule has 0 atom stereocenters. The maximum atomic E-state index is 14.2. The first kappa shape index (κ1) is 27.2. The highest BCUT2D eigenvalue weighted by atomic mass is 19.3. The molecule has 0 amide bonds. The molecule has 0 bridgehead atoms. The van der Waals surface area contributed by atoms with Crippen molar-refractivity contribution in [3.8, 4) is 0 Å². The number of aromatic carboxylic acids is 1. The Bertz CT molecular complexity index is 1370. The summed E-state index contributed by atoms with van der Waals surface area (Å²) < 4.78 is 40.8. The van der Waals surface area contributed by atoms with Crippen molar-refractivity contribution >= 4 is 17.1 Å². The quantitative estimate of drug-likeness (QED) is 0.306. The predicted molar refractivity (Wildman–Crippen MR) is 149 cm³/mol. The molecule has 2 aliphatic rings. The van der Waals surface area contributed by atoms with Crippen molar-refractivity contribution in [2.75, 3.05) is 26.3 Å². The number of fused-ring (bicyclic) bond motifs is 1. The Morgan fingerprint density at radius 1 is 1.00 bits per heavy atom. The van der Waals surface area contributed by atoms with E-state index in [1.165, 1.54) is 11.6 Å². The van der Waals surface area contributed by atoms with E-state index in [-0.39, 0.29) is 17.8 Å². The summed E-state index contributed by atoms with van der Waals surface area (Å²) >= 11 is 0. The van der Waals surface area contributed by atoms with Gasteiger partial charge in [0.1, 0.15) is 0 Å².